The first kappa shape index (κ1) is 20.8. The summed E-state index contributed by atoms with van der Waals surface area (Å²) in [6, 6.07) is 8.71. The topological polar surface area (TPSA) is 61.4 Å². The Balaban J connectivity index is 1.38. The van der Waals surface area contributed by atoms with Crippen LogP contribution in [0.25, 0.3) is 0 Å². The molecule has 0 bridgehead atoms. The molecule has 1 aliphatic carbocycles. The van der Waals surface area contributed by atoms with E-state index in [0.717, 1.165) is 25.1 Å². The van der Waals surface area contributed by atoms with Crippen molar-refractivity contribution in [2.75, 3.05) is 18.4 Å². The maximum atomic E-state index is 12.1. The highest BCUT2D eigenvalue weighted by atomic mass is 16.2. The number of nitrogens with zero attached hydrogens (tertiary/aromatic N) is 1. The fourth-order valence-electron chi connectivity index (χ4n) is 4.43. The summed E-state index contributed by atoms with van der Waals surface area (Å²) >= 11 is 0. The van der Waals surface area contributed by atoms with Gasteiger partial charge in [-0.2, -0.15) is 0 Å². The van der Waals surface area contributed by atoms with E-state index < -0.39 is 0 Å². The van der Waals surface area contributed by atoms with E-state index >= 15 is 0 Å². The molecule has 1 atom stereocenters. The number of rotatable bonds is 7. The lowest BCUT2D eigenvalue weighted by Gasteiger charge is -2.33. The lowest BCUT2D eigenvalue weighted by Crippen LogP contribution is -2.36. The van der Waals surface area contributed by atoms with Crippen LogP contribution in [-0.2, 0) is 16.1 Å². The van der Waals surface area contributed by atoms with Crippen molar-refractivity contribution in [1.29, 1.82) is 0 Å². The molecule has 1 saturated heterocycles. The Morgan fingerprint density at radius 3 is 2.39 bits per heavy atom. The van der Waals surface area contributed by atoms with E-state index in [0.29, 0.717) is 18.4 Å². The van der Waals surface area contributed by atoms with Gasteiger partial charge in [0.05, 0.1) is 6.54 Å². The zero-order chi connectivity index (χ0) is 19.8. The van der Waals surface area contributed by atoms with Gasteiger partial charge >= 0.3 is 0 Å². The molecule has 0 radical (unpaired) electrons. The van der Waals surface area contributed by atoms with Crippen molar-refractivity contribution in [2.45, 2.75) is 77.3 Å². The van der Waals surface area contributed by atoms with Gasteiger partial charge in [-0.1, -0.05) is 37.8 Å². The van der Waals surface area contributed by atoms with E-state index in [9.17, 15) is 9.59 Å². The molecule has 3 rings (SSSR count). The minimum absolute atomic E-state index is 0.00644. The van der Waals surface area contributed by atoms with Gasteiger partial charge in [0.2, 0.25) is 11.8 Å². The number of carbonyl (C=O) groups is 2. The number of benzene rings is 1. The Hall–Kier alpha value is -1.88. The van der Waals surface area contributed by atoms with Crippen LogP contribution in [0.5, 0.6) is 0 Å². The zero-order valence-electron chi connectivity index (χ0n) is 17.2. The Morgan fingerprint density at radius 2 is 1.68 bits per heavy atom. The Morgan fingerprint density at radius 1 is 0.964 bits per heavy atom. The summed E-state index contributed by atoms with van der Waals surface area (Å²) < 4.78 is 0. The second-order valence-corrected chi connectivity index (χ2v) is 8.55. The van der Waals surface area contributed by atoms with Gasteiger partial charge in [-0.15, -0.1) is 0 Å². The summed E-state index contributed by atoms with van der Waals surface area (Å²) in [5, 5.41) is 5.64. The first-order chi connectivity index (χ1) is 13.6. The van der Waals surface area contributed by atoms with Crippen LogP contribution in [0.3, 0.4) is 0 Å². The van der Waals surface area contributed by atoms with Crippen molar-refractivity contribution in [3.8, 4) is 0 Å². The normalized spacial score (nSPS) is 21.2. The molecule has 2 N–H and O–H groups in total. The van der Waals surface area contributed by atoms with Gasteiger partial charge in [-0.05, 0) is 62.8 Å². The van der Waals surface area contributed by atoms with E-state index in [2.05, 4.69) is 34.6 Å². The first-order valence-electron chi connectivity index (χ1n) is 11.0. The summed E-state index contributed by atoms with van der Waals surface area (Å²) in [7, 11) is 0. The molecule has 28 heavy (non-hydrogen) atoms. The van der Waals surface area contributed by atoms with Crippen LogP contribution in [0, 0.1) is 5.92 Å². The average Bonchev–Trinajstić information content (AvgIpc) is 2.70. The number of hydrogen-bond donors (Lipinski definition) is 2. The van der Waals surface area contributed by atoms with Gasteiger partial charge in [0.25, 0.3) is 0 Å². The predicted octanol–water partition coefficient (Wildman–Crippen LogP) is 4.09. The molecule has 0 aromatic heterocycles. The molecule has 2 fully saturated rings. The predicted molar refractivity (Wildman–Crippen MR) is 113 cm³/mol. The van der Waals surface area contributed by atoms with E-state index in [1.165, 1.54) is 50.6 Å². The molecule has 1 aliphatic heterocycles. The Labute approximate surface area is 169 Å². The summed E-state index contributed by atoms with van der Waals surface area (Å²) in [6.07, 6.45) is 10.5. The van der Waals surface area contributed by atoms with Crippen molar-refractivity contribution < 1.29 is 9.59 Å². The molecule has 5 heteroatoms. The third-order valence-electron chi connectivity index (χ3n) is 6.21. The number of amides is 2. The van der Waals surface area contributed by atoms with Crippen LogP contribution in [0.2, 0.25) is 0 Å². The van der Waals surface area contributed by atoms with Gasteiger partial charge in [0, 0.05) is 24.7 Å². The van der Waals surface area contributed by atoms with E-state index in [-0.39, 0.29) is 18.4 Å². The highest BCUT2D eigenvalue weighted by molar-refractivity contribution is 5.94. The van der Waals surface area contributed by atoms with Gasteiger partial charge in [0.1, 0.15) is 0 Å². The van der Waals surface area contributed by atoms with E-state index in [1.807, 2.05) is 12.1 Å². The first-order valence-corrected chi connectivity index (χ1v) is 11.0. The minimum atomic E-state index is -0.172. The molecule has 2 amide bonds. The monoisotopic (exact) mass is 385 g/mol. The van der Waals surface area contributed by atoms with Crippen molar-refractivity contribution in [3.05, 3.63) is 29.8 Å². The van der Waals surface area contributed by atoms with Crippen LogP contribution >= 0.6 is 0 Å². The van der Waals surface area contributed by atoms with Crippen LogP contribution in [0.4, 0.5) is 5.69 Å². The van der Waals surface area contributed by atoms with E-state index in [1.54, 1.807) is 0 Å². The third kappa shape index (κ3) is 6.62. The molecule has 1 heterocycles. The number of nitrogens with one attached hydrogen (secondary N) is 2. The second kappa shape index (κ2) is 10.6. The Kier molecular flexibility index (Phi) is 7.90. The molecule has 154 valence electrons. The van der Waals surface area contributed by atoms with Crippen molar-refractivity contribution in [2.24, 2.45) is 5.92 Å². The minimum Gasteiger partial charge on any atom is -0.347 e. The number of piperidine rings is 1. The summed E-state index contributed by atoms with van der Waals surface area (Å²) in [5.74, 6) is 0.314. The number of carbonyl (C=O) groups excluding carboxylic acids is 2. The van der Waals surface area contributed by atoms with E-state index in [4.69, 9.17) is 0 Å². The highest BCUT2D eigenvalue weighted by Crippen LogP contribution is 2.26. The van der Waals surface area contributed by atoms with Gasteiger partial charge < -0.3 is 10.6 Å². The van der Waals surface area contributed by atoms with Crippen LogP contribution in [-0.4, -0.2) is 35.8 Å². The molecule has 2 aliphatic rings. The highest BCUT2D eigenvalue weighted by Gasteiger charge is 2.19. The quantitative estimate of drug-likeness (QED) is 0.743. The summed E-state index contributed by atoms with van der Waals surface area (Å²) in [5.41, 5.74) is 2.05. The molecule has 1 unspecified atom stereocenters. The molecular weight excluding hydrogens is 350 g/mol. The van der Waals surface area contributed by atoms with Crippen LogP contribution < -0.4 is 10.6 Å². The number of likely N-dealkylation sites (tertiary alicyclic amines) is 1. The molecule has 5 nitrogen and oxygen atoms in total. The van der Waals surface area contributed by atoms with Gasteiger partial charge in [0.15, 0.2) is 0 Å². The van der Waals surface area contributed by atoms with Gasteiger partial charge in [-0.25, -0.2) is 0 Å². The largest absolute Gasteiger partial charge is 0.347 e. The SMILES string of the molecule is CC1CCCCN1Cc1ccc(NC(=O)CNC(=O)CC2CCCCC2)cc1. The maximum absolute atomic E-state index is 12.1. The van der Waals surface area contributed by atoms with Crippen LogP contribution in [0.15, 0.2) is 24.3 Å². The number of hydrogen-bond acceptors (Lipinski definition) is 3. The molecular formula is C23H35N3O2. The van der Waals surface area contributed by atoms with Crippen molar-refractivity contribution in [3.63, 3.8) is 0 Å². The average molecular weight is 386 g/mol. The van der Waals surface area contributed by atoms with Crippen molar-refractivity contribution in [1.82, 2.24) is 10.2 Å². The summed E-state index contributed by atoms with van der Waals surface area (Å²) in [4.78, 5) is 26.7. The fraction of sp³-hybridized carbons (Fsp3) is 0.652. The number of anilines is 1. The lowest BCUT2D eigenvalue weighted by molar-refractivity contribution is -0.125. The summed E-state index contributed by atoms with van der Waals surface area (Å²) in [6.45, 7) is 4.47. The molecule has 1 aromatic carbocycles. The fourth-order valence-corrected chi connectivity index (χ4v) is 4.43. The van der Waals surface area contributed by atoms with Crippen LogP contribution in [0.1, 0.15) is 70.3 Å². The molecule has 1 saturated carbocycles. The third-order valence-corrected chi connectivity index (χ3v) is 6.21. The smallest absolute Gasteiger partial charge is 0.243 e. The maximum Gasteiger partial charge on any atom is 0.243 e. The Bertz CT molecular complexity index is 638. The second-order valence-electron chi connectivity index (χ2n) is 8.55. The van der Waals surface area contributed by atoms with Gasteiger partial charge in [-0.3, -0.25) is 14.5 Å². The molecule has 0 spiro atoms. The zero-order valence-corrected chi connectivity index (χ0v) is 17.2. The standard InChI is InChI=1S/C23H35N3O2/c1-18-7-5-6-14-26(18)17-20-10-12-21(13-11-20)25-23(28)16-24-22(27)15-19-8-3-2-4-9-19/h10-13,18-19H,2-9,14-17H2,1H3,(H,24,27)(H,25,28). The van der Waals surface area contributed by atoms with Crippen molar-refractivity contribution >= 4 is 17.5 Å². The lowest BCUT2D eigenvalue weighted by atomic mass is 9.87. The molecule has 1 aromatic rings.